The third-order valence-electron chi connectivity index (χ3n) is 4.39. The Balaban J connectivity index is 1.73. The van der Waals surface area contributed by atoms with Crippen LogP contribution in [0, 0.1) is 5.92 Å². The highest BCUT2D eigenvalue weighted by Gasteiger charge is 2.28. The number of Topliss-reactive ketones (excluding diaryl/α,β-unsaturated/α-hetero) is 1. The van der Waals surface area contributed by atoms with Crippen LogP contribution in [0.1, 0.15) is 51.4 Å². The van der Waals surface area contributed by atoms with Crippen LogP contribution in [0.4, 0.5) is 0 Å². The first kappa shape index (κ1) is 13.0. The second-order valence-corrected chi connectivity index (χ2v) is 5.54. The van der Waals surface area contributed by atoms with Crippen LogP contribution in [0.25, 0.3) is 0 Å². The van der Waals surface area contributed by atoms with Crippen LogP contribution >= 0.6 is 0 Å². The van der Waals surface area contributed by atoms with Gasteiger partial charge in [-0.2, -0.15) is 0 Å². The summed E-state index contributed by atoms with van der Waals surface area (Å²) in [7, 11) is 0. The molecular formula is C14H25NO2. The van der Waals surface area contributed by atoms with Gasteiger partial charge in [-0.15, -0.1) is 0 Å². The van der Waals surface area contributed by atoms with E-state index in [1.54, 1.807) is 0 Å². The third kappa shape index (κ3) is 3.52. The summed E-state index contributed by atoms with van der Waals surface area (Å²) >= 11 is 0. The largest absolute Gasteiger partial charge is 0.396 e. The average molecular weight is 239 g/mol. The highest BCUT2D eigenvalue weighted by atomic mass is 16.3. The molecule has 0 saturated heterocycles. The average Bonchev–Trinajstić information content (AvgIpc) is 2.65. The predicted molar refractivity (Wildman–Crippen MR) is 67.9 cm³/mol. The van der Waals surface area contributed by atoms with Crippen molar-refractivity contribution in [1.82, 2.24) is 4.90 Å². The summed E-state index contributed by atoms with van der Waals surface area (Å²) in [6.45, 7) is 2.34. The van der Waals surface area contributed by atoms with Gasteiger partial charge in [-0.05, 0) is 45.1 Å². The molecule has 0 aromatic rings. The van der Waals surface area contributed by atoms with Crippen molar-refractivity contribution in [3.8, 4) is 0 Å². The lowest BCUT2D eigenvalue weighted by molar-refractivity contribution is -0.121. The fraction of sp³-hybridized carbons (Fsp3) is 0.929. The van der Waals surface area contributed by atoms with Crippen molar-refractivity contribution in [2.75, 3.05) is 19.7 Å². The zero-order chi connectivity index (χ0) is 12.1. The van der Waals surface area contributed by atoms with Gasteiger partial charge in [0, 0.05) is 31.5 Å². The van der Waals surface area contributed by atoms with Gasteiger partial charge in [0.05, 0.1) is 0 Å². The predicted octanol–water partition coefficient (Wildman–Crippen LogP) is 1.98. The Labute approximate surface area is 104 Å². The van der Waals surface area contributed by atoms with Crippen molar-refractivity contribution in [3.05, 3.63) is 0 Å². The first-order valence-electron chi connectivity index (χ1n) is 7.19. The fourth-order valence-electron chi connectivity index (χ4n) is 3.02. The fourth-order valence-corrected chi connectivity index (χ4v) is 3.02. The van der Waals surface area contributed by atoms with Gasteiger partial charge < -0.3 is 10.0 Å². The van der Waals surface area contributed by atoms with E-state index in [2.05, 4.69) is 4.90 Å². The highest BCUT2D eigenvalue weighted by Crippen LogP contribution is 2.28. The van der Waals surface area contributed by atoms with Crippen LogP contribution in [-0.4, -0.2) is 41.5 Å². The molecular weight excluding hydrogens is 214 g/mol. The molecule has 3 heteroatoms. The Bertz CT molecular complexity index is 251. The zero-order valence-corrected chi connectivity index (χ0v) is 10.7. The van der Waals surface area contributed by atoms with Gasteiger partial charge in [0.25, 0.3) is 0 Å². The van der Waals surface area contributed by atoms with Crippen LogP contribution in [-0.2, 0) is 4.79 Å². The maximum Gasteiger partial charge on any atom is 0.136 e. The minimum atomic E-state index is 0.283. The topological polar surface area (TPSA) is 40.5 Å². The van der Waals surface area contributed by atoms with Crippen molar-refractivity contribution < 1.29 is 9.90 Å². The monoisotopic (exact) mass is 239 g/mol. The van der Waals surface area contributed by atoms with Crippen molar-refractivity contribution in [3.63, 3.8) is 0 Å². The lowest BCUT2D eigenvalue weighted by atomic mass is 9.90. The molecule has 3 nitrogen and oxygen atoms in total. The summed E-state index contributed by atoms with van der Waals surface area (Å²) in [6.07, 6.45) is 8.90. The van der Waals surface area contributed by atoms with Crippen LogP contribution in [0.5, 0.6) is 0 Å². The summed E-state index contributed by atoms with van der Waals surface area (Å²) < 4.78 is 0. The molecule has 1 N–H and O–H groups in total. The lowest BCUT2D eigenvalue weighted by Crippen LogP contribution is -2.42. The van der Waals surface area contributed by atoms with Gasteiger partial charge in [0.2, 0.25) is 0 Å². The molecule has 1 unspecified atom stereocenters. The van der Waals surface area contributed by atoms with E-state index >= 15 is 0 Å². The van der Waals surface area contributed by atoms with Crippen LogP contribution in [0.15, 0.2) is 0 Å². The molecule has 0 aromatic carbocycles. The third-order valence-corrected chi connectivity index (χ3v) is 4.39. The number of carbonyl (C=O) groups is 1. The van der Waals surface area contributed by atoms with E-state index in [0.717, 1.165) is 51.2 Å². The van der Waals surface area contributed by atoms with E-state index in [0.29, 0.717) is 11.7 Å². The number of nitrogens with zero attached hydrogens (tertiary/aromatic N) is 1. The Morgan fingerprint density at radius 1 is 1.18 bits per heavy atom. The molecule has 2 fully saturated rings. The smallest absolute Gasteiger partial charge is 0.136 e. The molecule has 2 saturated carbocycles. The first-order chi connectivity index (χ1) is 8.31. The maximum absolute atomic E-state index is 11.6. The van der Waals surface area contributed by atoms with E-state index in [4.69, 9.17) is 5.11 Å². The van der Waals surface area contributed by atoms with Gasteiger partial charge in [0.1, 0.15) is 5.78 Å². The van der Waals surface area contributed by atoms with Crippen LogP contribution < -0.4 is 0 Å². The van der Waals surface area contributed by atoms with E-state index in [1.165, 1.54) is 19.3 Å². The molecule has 2 aliphatic carbocycles. The van der Waals surface area contributed by atoms with Gasteiger partial charge in [-0.3, -0.25) is 4.79 Å². The van der Waals surface area contributed by atoms with E-state index in [1.807, 2.05) is 0 Å². The van der Waals surface area contributed by atoms with Crippen molar-refractivity contribution in [2.45, 2.75) is 57.4 Å². The molecule has 0 aromatic heterocycles. The number of hydrogen-bond donors (Lipinski definition) is 1. The van der Waals surface area contributed by atoms with Gasteiger partial charge in [-0.1, -0.05) is 6.42 Å². The molecule has 0 radical (unpaired) electrons. The van der Waals surface area contributed by atoms with E-state index in [9.17, 15) is 4.79 Å². The molecule has 2 aliphatic rings. The quantitative estimate of drug-likeness (QED) is 0.738. The molecule has 1 atom stereocenters. The molecule has 98 valence electrons. The number of rotatable bonds is 7. The summed E-state index contributed by atoms with van der Waals surface area (Å²) in [5.74, 6) is 0.826. The molecule has 0 aliphatic heterocycles. The second-order valence-electron chi connectivity index (χ2n) is 5.54. The van der Waals surface area contributed by atoms with Crippen LogP contribution in [0.3, 0.4) is 0 Å². The number of aliphatic hydroxyl groups excluding tert-OH is 1. The van der Waals surface area contributed by atoms with Crippen molar-refractivity contribution >= 4 is 5.78 Å². The minimum absolute atomic E-state index is 0.283. The summed E-state index contributed by atoms with van der Waals surface area (Å²) in [5, 5.41) is 8.93. The highest BCUT2D eigenvalue weighted by molar-refractivity contribution is 5.82. The molecule has 2 rings (SSSR count). The van der Waals surface area contributed by atoms with Crippen molar-refractivity contribution in [1.29, 1.82) is 0 Å². The standard InChI is InChI=1S/C14H25NO2/c16-11-3-9-15(13-5-2-6-13)10-8-12-4-1-7-14(12)17/h12-13,16H,1-11H2. The molecule has 17 heavy (non-hydrogen) atoms. The van der Waals surface area contributed by atoms with Gasteiger partial charge in [0.15, 0.2) is 0 Å². The molecule has 0 spiro atoms. The second kappa shape index (κ2) is 6.50. The Morgan fingerprint density at radius 2 is 2.00 bits per heavy atom. The van der Waals surface area contributed by atoms with Crippen molar-refractivity contribution in [2.24, 2.45) is 5.92 Å². The van der Waals surface area contributed by atoms with Gasteiger partial charge in [-0.25, -0.2) is 0 Å². The van der Waals surface area contributed by atoms with E-state index in [-0.39, 0.29) is 6.61 Å². The summed E-state index contributed by atoms with van der Waals surface area (Å²) in [4.78, 5) is 14.1. The Kier molecular flexibility index (Phi) is 4.99. The number of hydrogen-bond acceptors (Lipinski definition) is 3. The first-order valence-corrected chi connectivity index (χ1v) is 7.19. The SMILES string of the molecule is O=C1CCCC1CCN(CCCO)C1CCC1. The number of carbonyl (C=O) groups excluding carboxylic acids is 1. The molecule has 0 heterocycles. The Hall–Kier alpha value is -0.410. The summed E-state index contributed by atoms with van der Waals surface area (Å²) in [6, 6.07) is 0.734. The Morgan fingerprint density at radius 3 is 2.53 bits per heavy atom. The molecule has 0 amide bonds. The van der Waals surface area contributed by atoms with E-state index < -0.39 is 0 Å². The normalized spacial score (nSPS) is 25.5. The van der Waals surface area contributed by atoms with Crippen LogP contribution in [0.2, 0.25) is 0 Å². The maximum atomic E-state index is 11.6. The number of ketones is 1. The van der Waals surface area contributed by atoms with Gasteiger partial charge >= 0.3 is 0 Å². The molecule has 0 bridgehead atoms. The number of aliphatic hydroxyl groups is 1. The minimum Gasteiger partial charge on any atom is -0.396 e. The lowest BCUT2D eigenvalue weighted by Gasteiger charge is -2.38. The summed E-state index contributed by atoms with van der Waals surface area (Å²) in [5.41, 5.74) is 0. The zero-order valence-electron chi connectivity index (χ0n) is 10.7.